The van der Waals surface area contributed by atoms with E-state index in [1.54, 1.807) is 7.11 Å². The maximum atomic E-state index is 12.1. The van der Waals surface area contributed by atoms with E-state index < -0.39 is 18.3 Å². The Kier molecular flexibility index (Phi) is 12.1. The molecule has 10 nitrogen and oxygen atoms in total. The van der Waals surface area contributed by atoms with Crippen molar-refractivity contribution in [2.24, 2.45) is 5.16 Å². The lowest BCUT2D eigenvalue weighted by Gasteiger charge is -2.32. The van der Waals surface area contributed by atoms with E-state index in [9.17, 15) is 4.79 Å². The summed E-state index contributed by atoms with van der Waals surface area (Å²) in [6.45, 7) is 11.1. The number of hydrogen-bond donors (Lipinski definition) is 1. The summed E-state index contributed by atoms with van der Waals surface area (Å²) < 4.78 is 23.1. The van der Waals surface area contributed by atoms with Crippen LogP contribution in [-0.4, -0.2) is 75.1 Å². The summed E-state index contributed by atoms with van der Waals surface area (Å²) in [6, 6.07) is 9.60. The summed E-state index contributed by atoms with van der Waals surface area (Å²) in [5.74, 6) is 1.41. The molecule has 4 rings (SSSR count). The molecule has 43 heavy (non-hydrogen) atoms. The zero-order chi connectivity index (χ0) is 30.6. The van der Waals surface area contributed by atoms with Crippen molar-refractivity contribution in [3.63, 3.8) is 0 Å². The number of pyridine rings is 1. The molecule has 1 aromatic carbocycles. The van der Waals surface area contributed by atoms with Crippen molar-refractivity contribution < 1.29 is 28.6 Å². The predicted molar refractivity (Wildman–Crippen MR) is 167 cm³/mol. The van der Waals surface area contributed by atoms with Gasteiger partial charge in [0.25, 0.3) is 0 Å². The summed E-state index contributed by atoms with van der Waals surface area (Å²) in [7, 11) is 1.62. The van der Waals surface area contributed by atoms with Crippen molar-refractivity contribution in [3.8, 4) is 11.5 Å². The molecule has 0 bridgehead atoms. The lowest BCUT2D eigenvalue weighted by atomic mass is 10.0. The minimum Gasteiger partial charge on any atom is -0.497 e. The van der Waals surface area contributed by atoms with E-state index in [1.165, 1.54) is 16.9 Å². The summed E-state index contributed by atoms with van der Waals surface area (Å²) in [4.78, 5) is 25.0. The Balaban J connectivity index is 1.26. The Hall–Kier alpha value is -3.79. The fourth-order valence-corrected chi connectivity index (χ4v) is 5.02. The maximum Gasteiger partial charge on any atom is 0.407 e. The molecule has 10 heteroatoms. The number of amides is 1. The number of oxime groups is 1. The molecule has 0 saturated carbocycles. The molecule has 0 fully saturated rings. The average molecular weight is 595 g/mol. The number of hydrogen-bond acceptors (Lipinski definition) is 9. The van der Waals surface area contributed by atoms with Gasteiger partial charge < -0.3 is 34.0 Å². The van der Waals surface area contributed by atoms with Gasteiger partial charge in [-0.15, -0.1) is 0 Å². The first kappa shape index (κ1) is 32.1. The van der Waals surface area contributed by atoms with E-state index in [0.717, 1.165) is 55.9 Å². The number of aryl methyl sites for hydroxylation is 3. The van der Waals surface area contributed by atoms with Crippen LogP contribution in [0.4, 0.5) is 10.5 Å². The molecule has 1 N–H and O–H groups in total. The van der Waals surface area contributed by atoms with E-state index in [1.807, 2.05) is 50.3 Å². The molecule has 3 atom stereocenters. The number of aromatic nitrogens is 1. The highest BCUT2D eigenvalue weighted by Gasteiger charge is 2.30. The minimum atomic E-state index is -0.482. The number of carbonyl (C=O) groups is 1. The van der Waals surface area contributed by atoms with Crippen molar-refractivity contribution in [1.29, 1.82) is 0 Å². The number of alkyl carbamates (subject to hydrolysis) is 1. The van der Waals surface area contributed by atoms with Gasteiger partial charge in [-0.1, -0.05) is 18.2 Å². The molecule has 0 aliphatic carbocycles. The Morgan fingerprint density at radius 1 is 1.19 bits per heavy atom. The van der Waals surface area contributed by atoms with Crippen LogP contribution in [0.1, 0.15) is 56.5 Å². The highest BCUT2D eigenvalue weighted by atomic mass is 16.6. The fourth-order valence-electron chi connectivity index (χ4n) is 5.02. The predicted octanol–water partition coefficient (Wildman–Crippen LogP) is 5.54. The number of nitrogens with zero attached hydrogens (tertiary/aromatic N) is 3. The van der Waals surface area contributed by atoms with Crippen LogP contribution in [-0.2, 0) is 20.7 Å². The molecular formula is C33H46N4O6. The molecule has 1 amide bonds. The molecule has 2 aliphatic heterocycles. The Morgan fingerprint density at radius 3 is 2.74 bits per heavy atom. The quantitative estimate of drug-likeness (QED) is 0.132. The highest BCUT2D eigenvalue weighted by molar-refractivity contribution is 5.82. The van der Waals surface area contributed by atoms with Gasteiger partial charge in [-0.3, -0.25) is 4.98 Å². The van der Waals surface area contributed by atoms with Crippen molar-refractivity contribution >= 4 is 17.5 Å². The Bertz CT molecular complexity index is 1250. The van der Waals surface area contributed by atoms with Crippen LogP contribution in [0.5, 0.6) is 11.5 Å². The van der Waals surface area contributed by atoms with Gasteiger partial charge in [0.2, 0.25) is 0 Å². The number of anilines is 1. The second-order valence-electron chi connectivity index (χ2n) is 11.0. The third kappa shape index (κ3) is 9.61. The standard InChI is InChI=1S/C33H46N4O6/c1-6-17-34-33(38)40-22-32-31(42-27-11-9-26(39-5)10-12-27)14-13-28(43-32)16-20-41-36-24(3)15-19-37-18-7-8-29-30(37)21-23(2)25(4)35-29/h9-14,21,28,31-32H,6-8,15-20,22H2,1-5H3,(H,34,38)/t28-,31-,32+/m0/s1. The Morgan fingerprint density at radius 2 is 1.98 bits per heavy atom. The molecule has 1 aromatic heterocycles. The van der Waals surface area contributed by atoms with Crippen LogP contribution in [0, 0.1) is 13.8 Å². The zero-order valence-electron chi connectivity index (χ0n) is 26.1. The first-order valence-electron chi connectivity index (χ1n) is 15.3. The summed E-state index contributed by atoms with van der Waals surface area (Å²) >= 11 is 0. The van der Waals surface area contributed by atoms with Crippen LogP contribution in [0.15, 0.2) is 47.6 Å². The molecule has 0 saturated heterocycles. The topological polar surface area (TPSA) is 104 Å². The first-order chi connectivity index (χ1) is 20.9. The maximum absolute atomic E-state index is 12.1. The van der Waals surface area contributed by atoms with E-state index in [-0.39, 0.29) is 12.7 Å². The van der Waals surface area contributed by atoms with Gasteiger partial charge in [0.05, 0.1) is 30.3 Å². The molecule has 3 heterocycles. The van der Waals surface area contributed by atoms with Gasteiger partial charge in [0, 0.05) is 38.2 Å². The number of nitrogens with one attached hydrogen (secondary N) is 1. The minimum absolute atomic E-state index is 0.0591. The van der Waals surface area contributed by atoms with Gasteiger partial charge >= 0.3 is 6.09 Å². The zero-order valence-corrected chi connectivity index (χ0v) is 26.1. The number of methoxy groups -OCH3 is 1. The largest absolute Gasteiger partial charge is 0.497 e. The third-order valence-electron chi connectivity index (χ3n) is 7.62. The third-order valence-corrected chi connectivity index (χ3v) is 7.62. The summed E-state index contributed by atoms with van der Waals surface area (Å²) in [6.07, 6.45) is 6.73. The summed E-state index contributed by atoms with van der Waals surface area (Å²) in [5, 5.41) is 7.08. The second kappa shape index (κ2) is 16.2. The van der Waals surface area contributed by atoms with Crippen molar-refractivity contribution in [2.75, 3.05) is 44.9 Å². The van der Waals surface area contributed by atoms with Crippen molar-refractivity contribution in [2.45, 2.75) is 78.1 Å². The first-order valence-corrected chi connectivity index (χ1v) is 15.3. The Labute approximate surface area is 255 Å². The SMILES string of the molecule is CCCNC(=O)OC[C@H]1O[C@H](CCON=C(C)CCN2CCCc3nc(C)c(C)cc32)C=C[C@@H]1Oc1ccc(OC)cc1. The fraction of sp³-hybridized carbons (Fsp3) is 0.545. The van der Waals surface area contributed by atoms with E-state index >= 15 is 0 Å². The molecule has 0 radical (unpaired) electrons. The molecule has 2 aromatic rings. The van der Waals surface area contributed by atoms with E-state index in [4.69, 9.17) is 28.8 Å². The van der Waals surface area contributed by atoms with Crippen LogP contribution in [0.25, 0.3) is 0 Å². The smallest absolute Gasteiger partial charge is 0.407 e. The van der Waals surface area contributed by atoms with Gasteiger partial charge in [-0.05, 0) is 82.0 Å². The van der Waals surface area contributed by atoms with E-state index in [0.29, 0.717) is 25.3 Å². The lowest BCUT2D eigenvalue weighted by Crippen LogP contribution is -2.43. The normalized spacial score (nSPS) is 19.9. The number of ether oxygens (including phenoxy) is 4. The van der Waals surface area contributed by atoms with Gasteiger partial charge in [-0.2, -0.15) is 0 Å². The van der Waals surface area contributed by atoms with Crippen LogP contribution < -0.4 is 19.7 Å². The highest BCUT2D eigenvalue weighted by Crippen LogP contribution is 2.28. The van der Waals surface area contributed by atoms with Crippen LogP contribution in [0.3, 0.4) is 0 Å². The van der Waals surface area contributed by atoms with E-state index in [2.05, 4.69) is 35.3 Å². The summed E-state index contributed by atoms with van der Waals surface area (Å²) in [5.41, 5.74) is 5.73. The molecule has 0 spiro atoms. The lowest BCUT2D eigenvalue weighted by molar-refractivity contribution is -0.0808. The number of rotatable bonds is 14. The number of fused-ring (bicyclic) bond motifs is 1. The molecule has 2 aliphatic rings. The number of carbonyl (C=O) groups excluding carboxylic acids is 1. The van der Waals surface area contributed by atoms with Gasteiger partial charge in [0.15, 0.2) is 0 Å². The van der Waals surface area contributed by atoms with Crippen molar-refractivity contribution in [1.82, 2.24) is 10.3 Å². The molecule has 234 valence electrons. The van der Waals surface area contributed by atoms with Crippen LogP contribution in [0.2, 0.25) is 0 Å². The van der Waals surface area contributed by atoms with Crippen LogP contribution >= 0.6 is 0 Å². The van der Waals surface area contributed by atoms with Gasteiger partial charge in [-0.25, -0.2) is 4.79 Å². The van der Waals surface area contributed by atoms with Gasteiger partial charge in [0.1, 0.15) is 36.9 Å². The molecular weight excluding hydrogens is 548 g/mol. The second-order valence-corrected chi connectivity index (χ2v) is 11.0. The molecule has 0 unspecified atom stereocenters. The number of benzene rings is 1. The van der Waals surface area contributed by atoms with Crippen molar-refractivity contribution in [3.05, 3.63) is 59.4 Å². The monoisotopic (exact) mass is 594 g/mol. The average Bonchev–Trinajstić information content (AvgIpc) is 3.01.